The Morgan fingerprint density at radius 3 is 1.29 bits per heavy atom. The first-order valence-corrected chi connectivity index (χ1v) is 24.6. The summed E-state index contributed by atoms with van der Waals surface area (Å²) in [6.45, 7) is 5.98. The van der Waals surface area contributed by atoms with Gasteiger partial charge >= 0.3 is 0 Å². The molecule has 0 saturated heterocycles. The zero-order valence-electron chi connectivity index (χ0n) is 33.7. The van der Waals surface area contributed by atoms with Gasteiger partial charge in [0.05, 0.1) is 36.2 Å². The van der Waals surface area contributed by atoms with Gasteiger partial charge in [-0.05, 0) is 96.4 Å². The highest BCUT2D eigenvalue weighted by atomic mass is 32.2. The van der Waals surface area contributed by atoms with Crippen LogP contribution in [0.2, 0.25) is 0 Å². The molecule has 10 rings (SSSR count). The molecule has 0 aliphatic carbocycles. The van der Waals surface area contributed by atoms with E-state index in [9.17, 15) is 16.8 Å². The van der Waals surface area contributed by atoms with Crippen molar-refractivity contribution in [1.82, 2.24) is 9.44 Å². The first kappa shape index (κ1) is 41.7. The minimum atomic E-state index is -3.87. The number of aryl methyl sites for hydroxylation is 2. The van der Waals surface area contributed by atoms with Crippen molar-refractivity contribution in [3.63, 3.8) is 0 Å². The molecule has 4 aromatic heterocycles. The smallest absolute Gasteiger partial charge is 0.241 e. The molecule has 2 atom stereocenters. The lowest BCUT2D eigenvalue weighted by Gasteiger charge is -2.17. The molecule has 2 aliphatic heterocycles. The quantitative estimate of drug-likeness (QED) is 0.135. The van der Waals surface area contributed by atoms with Crippen LogP contribution >= 0.6 is 22.7 Å². The van der Waals surface area contributed by atoms with Crippen LogP contribution in [-0.2, 0) is 20.0 Å². The van der Waals surface area contributed by atoms with Gasteiger partial charge in [0, 0.05) is 45.5 Å². The van der Waals surface area contributed by atoms with E-state index in [2.05, 4.69) is 9.44 Å². The van der Waals surface area contributed by atoms with Gasteiger partial charge < -0.3 is 27.8 Å². The van der Waals surface area contributed by atoms with Crippen LogP contribution < -0.4 is 28.4 Å². The van der Waals surface area contributed by atoms with Gasteiger partial charge in [-0.3, -0.25) is 0 Å². The second-order valence-corrected chi connectivity index (χ2v) is 20.1. The van der Waals surface area contributed by atoms with Crippen molar-refractivity contribution in [2.45, 2.75) is 48.6 Å². The molecule has 8 aromatic rings. The predicted molar refractivity (Wildman–Crippen MR) is 239 cm³/mol. The monoisotopic (exact) mass is 910 g/mol. The molecule has 320 valence electrons. The van der Waals surface area contributed by atoms with Gasteiger partial charge in [-0.25, -0.2) is 16.8 Å². The van der Waals surface area contributed by atoms with Crippen LogP contribution in [0.4, 0.5) is 0 Å². The molecule has 16 heteroatoms. The van der Waals surface area contributed by atoms with Crippen LogP contribution in [0.5, 0.6) is 23.0 Å². The van der Waals surface area contributed by atoms with E-state index in [1.165, 1.54) is 46.9 Å². The summed E-state index contributed by atoms with van der Waals surface area (Å²) in [6.07, 6.45) is 1.50. The van der Waals surface area contributed by atoms with Crippen molar-refractivity contribution in [2.75, 3.05) is 26.4 Å². The molecule has 0 fully saturated rings. The molecule has 62 heavy (non-hydrogen) atoms. The number of sulfonamides is 2. The number of thiophene rings is 2. The summed E-state index contributed by atoms with van der Waals surface area (Å²) in [5.74, 6) is 3.08. The molecule has 0 spiro atoms. The molecule has 0 bridgehead atoms. The van der Waals surface area contributed by atoms with Crippen molar-refractivity contribution in [3.8, 4) is 23.0 Å². The number of hydrogen-bond donors (Lipinski definition) is 2. The van der Waals surface area contributed by atoms with Crippen LogP contribution in [0.3, 0.4) is 0 Å². The van der Waals surface area contributed by atoms with E-state index in [1.54, 1.807) is 12.1 Å². The summed E-state index contributed by atoms with van der Waals surface area (Å²) in [5, 5.41) is 5.74. The number of hydrogen-bond acceptors (Lipinski definition) is 12. The third kappa shape index (κ3) is 8.84. The minimum absolute atomic E-state index is 0.118. The van der Waals surface area contributed by atoms with Crippen molar-refractivity contribution < 1.29 is 44.6 Å². The number of nitrogens with one attached hydrogen (secondary N) is 2. The van der Waals surface area contributed by atoms with Crippen LogP contribution in [0, 0.1) is 13.8 Å². The highest BCUT2D eigenvalue weighted by Crippen LogP contribution is 2.38. The zero-order chi connectivity index (χ0) is 42.8. The van der Waals surface area contributed by atoms with E-state index in [0.717, 1.165) is 44.5 Å². The molecule has 2 N–H and O–H groups in total. The minimum Gasteiger partial charge on any atom is -0.490 e. The lowest BCUT2D eigenvalue weighted by molar-refractivity contribution is 0.296. The van der Waals surface area contributed by atoms with Gasteiger partial charge in [0.25, 0.3) is 0 Å². The highest BCUT2D eigenvalue weighted by molar-refractivity contribution is 7.89. The predicted octanol–water partition coefficient (Wildman–Crippen LogP) is 10.1. The molecule has 2 aliphatic rings. The molecular weight excluding hydrogens is 869 g/mol. The van der Waals surface area contributed by atoms with Gasteiger partial charge in [-0.1, -0.05) is 36.4 Å². The highest BCUT2D eigenvalue weighted by Gasteiger charge is 2.31. The Bertz CT molecular complexity index is 2820. The summed E-state index contributed by atoms with van der Waals surface area (Å²) in [6, 6.07) is 31.1. The van der Waals surface area contributed by atoms with E-state index in [4.69, 9.17) is 27.8 Å². The molecule has 2 unspecified atom stereocenters. The van der Waals surface area contributed by atoms with Crippen molar-refractivity contribution in [2.24, 2.45) is 0 Å². The van der Waals surface area contributed by atoms with Gasteiger partial charge in [0.2, 0.25) is 20.0 Å². The lowest BCUT2D eigenvalue weighted by atomic mass is 10.1. The normalized spacial score (nSPS) is 15.0. The summed E-state index contributed by atoms with van der Waals surface area (Å²) in [5.41, 5.74) is 3.42. The van der Waals surface area contributed by atoms with Crippen molar-refractivity contribution in [3.05, 3.63) is 152 Å². The first-order valence-electron chi connectivity index (χ1n) is 19.9. The Morgan fingerprint density at radius 1 is 0.500 bits per heavy atom. The van der Waals surface area contributed by atoms with Gasteiger partial charge in [-0.2, -0.15) is 9.44 Å². The Kier molecular flexibility index (Phi) is 11.9. The number of rotatable bonds is 10. The molecule has 0 radical (unpaired) electrons. The number of furan rings is 2. The van der Waals surface area contributed by atoms with Crippen molar-refractivity contribution >= 4 is 64.7 Å². The topological polar surface area (TPSA) is 156 Å². The molecule has 4 aromatic carbocycles. The van der Waals surface area contributed by atoms with Gasteiger partial charge in [-0.15, -0.1) is 22.7 Å². The fourth-order valence-electron chi connectivity index (χ4n) is 7.20. The second kappa shape index (κ2) is 17.6. The number of fused-ring (bicyclic) bond motifs is 4. The summed E-state index contributed by atoms with van der Waals surface area (Å²) in [7, 11) is -7.74. The van der Waals surface area contributed by atoms with Crippen LogP contribution in [0.25, 0.3) is 21.9 Å². The van der Waals surface area contributed by atoms with E-state index >= 15 is 0 Å². The van der Waals surface area contributed by atoms with Crippen molar-refractivity contribution in [1.29, 1.82) is 0 Å². The average Bonchev–Trinajstić information content (AvgIpc) is 4.03. The number of ether oxygens (including phenoxy) is 4. The molecular formula is C46H42N2O10S4. The molecule has 6 heterocycles. The van der Waals surface area contributed by atoms with E-state index < -0.39 is 32.1 Å². The van der Waals surface area contributed by atoms with Gasteiger partial charge in [0.1, 0.15) is 34.8 Å². The number of benzene rings is 4. The summed E-state index contributed by atoms with van der Waals surface area (Å²) < 4.78 is 93.8. The van der Waals surface area contributed by atoms with E-state index in [1.807, 2.05) is 97.4 Å². The first-order chi connectivity index (χ1) is 30.0. The largest absolute Gasteiger partial charge is 0.490 e. The zero-order valence-corrected chi connectivity index (χ0v) is 36.9. The van der Waals surface area contributed by atoms with Gasteiger partial charge in [0.15, 0.2) is 23.0 Å². The van der Waals surface area contributed by atoms with Crippen LogP contribution in [0.15, 0.2) is 139 Å². The Balaban J connectivity index is 0.000000158. The summed E-state index contributed by atoms with van der Waals surface area (Å²) in [4.78, 5) is 2.01. The Morgan fingerprint density at radius 2 is 0.903 bits per heavy atom. The lowest BCUT2D eigenvalue weighted by Crippen LogP contribution is -2.29. The summed E-state index contributed by atoms with van der Waals surface area (Å²) >= 11 is 2.98. The second-order valence-electron chi connectivity index (χ2n) is 14.7. The average molecular weight is 911 g/mol. The van der Waals surface area contributed by atoms with E-state index in [-0.39, 0.29) is 9.79 Å². The van der Waals surface area contributed by atoms with Crippen LogP contribution in [0.1, 0.15) is 57.3 Å². The Labute approximate surface area is 367 Å². The molecule has 12 nitrogen and oxygen atoms in total. The number of para-hydroxylation sites is 2. The fourth-order valence-corrected chi connectivity index (χ4v) is 11.7. The standard InChI is InChI=1S/2C23H21NO5S2/c2*1-15-9-12-30-23(15)22(21-13-16-5-2-3-6-18(16)29-21)24-31(25,26)17-7-8-19-20(14-17)28-11-4-10-27-19/h2*2-3,5-9,12-14,22,24H,4,10-11H2,1H3. The maximum absolute atomic E-state index is 13.4. The third-order valence-electron chi connectivity index (χ3n) is 10.4. The third-order valence-corrected chi connectivity index (χ3v) is 15.4. The molecule has 0 amide bonds. The maximum Gasteiger partial charge on any atom is 0.241 e. The SMILES string of the molecule is Cc1ccsc1C(NS(=O)(=O)c1ccc2c(c1)OCCCO2)c1cc2ccccc2o1.Cc1ccsc1C(NS(=O)(=O)c1ccc2c(c1)OCCCO2)c1cc2ccccc2o1. The van der Waals surface area contributed by atoms with Crippen LogP contribution in [-0.4, -0.2) is 43.3 Å². The molecule has 0 saturated carbocycles. The Hall–Kier alpha value is -5.62. The maximum atomic E-state index is 13.4. The van der Waals surface area contributed by atoms with E-state index in [0.29, 0.717) is 72.1 Å². The fraction of sp³-hybridized carbons (Fsp3) is 0.217.